The Morgan fingerprint density at radius 2 is 1.90 bits per heavy atom. The molecule has 0 amide bonds. The van der Waals surface area contributed by atoms with Crippen LogP contribution in [0.4, 0.5) is 5.69 Å². The van der Waals surface area contributed by atoms with Crippen molar-refractivity contribution in [2.45, 2.75) is 26.2 Å². The Morgan fingerprint density at radius 1 is 1.15 bits per heavy atom. The van der Waals surface area contributed by atoms with E-state index >= 15 is 0 Å². The van der Waals surface area contributed by atoms with Gasteiger partial charge in [-0.05, 0) is 48.7 Å². The molecule has 0 aliphatic rings. The van der Waals surface area contributed by atoms with E-state index < -0.39 is 0 Å². The van der Waals surface area contributed by atoms with Crippen LogP contribution in [0.2, 0.25) is 5.02 Å². The Bertz CT molecular complexity index is 590. The van der Waals surface area contributed by atoms with Crippen molar-refractivity contribution in [3.8, 4) is 5.75 Å². The normalized spacial score (nSPS) is 11.1. The maximum atomic E-state index is 9.70. The van der Waals surface area contributed by atoms with Gasteiger partial charge in [-0.2, -0.15) is 0 Å². The van der Waals surface area contributed by atoms with Gasteiger partial charge in [0.2, 0.25) is 0 Å². The summed E-state index contributed by atoms with van der Waals surface area (Å²) >= 11 is 5.90. The van der Waals surface area contributed by atoms with Gasteiger partial charge in [0, 0.05) is 16.8 Å². The van der Waals surface area contributed by atoms with Crippen molar-refractivity contribution < 1.29 is 5.11 Å². The van der Waals surface area contributed by atoms with E-state index in [1.54, 1.807) is 24.4 Å². The fraction of sp³-hybridized carbons (Fsp3) is 0.235. The number of hydrogen-bond acceptors (Lipinski definition) is 2. The smallest absolute Gasteiger partial charge is 0.124 e. The van der Waals surface area contributed by atoms with Gasteiger partial charge in [0.1, 0.15) is 5.75 Å². The number of benzene rings is 2. The number of unbranched alkanes of at least 4 members (excludes halogenated alkanes) is 1. The highest BCUT2D eigenvalue weighted by Gasteiger charge is 1.99. The van der Waals surface area contributed by atoms with Crippen molar-refractivity contribution in [2.75, 3.05) is 0 Å². The van der Waals surface area contributed by atoms with Crippen molar-refractivity contribution in [3.05, 3.63) is 58.6 Å². The van der Waals surface area contributed by atoms with Crippen LogP contribution in [0, 0.1) is 0 Å². The second-order valence-electron chi connectivity index (χ2n) is 4.73. The summed E-state index contributed by atoms with van der Waals surface area (Å²) < 4.78 is 0. The number of aliphatic imine (C=N–C) groups is 1. The second-order valence-corrected chi connectivity index (χ2v) is 5.17. The number of aryl methyl sites for hydroxylation is 1. The lowest BCUT2D eigenvalue weighted by atomic mass is 10.1. The zero-order valence-electron chi connectivity index (χ0n) is 11.5. The summed E-state index contributed by atoms with van der Waals surface area (Å²) in [6, 6.07) is 13.1. The molecule has 1 N–H and O–H groups in total. The monoisotopic (exact) mass is 287 g/mol. The third-order valence-corrected chi connectivity index (χ3v) is 3.33. The van der Waals surface area contributed by atoms with E-state index in [1.165, 1.54) is 18.4 Å². The summed E-state index contributed by atoms with van der Waals surface area (Å²) in [5.41, 5.74) is 2.81. The molecule has 3 heteroatoms. The van der Waals surface area contributed by atoms with Crippen molar-refractivity contribution in [2.24, 2.45) is 4.99 Å². The van der Waals surface area contributed by atoms with Crippen LogP contribution in [0.15, 0.2) is 47.5 Å². The van der Waals surface area contributed by atoms with Crippen LogP contribution in [0.3, 0.4) is 0 Å². The first-order chi connectivity index (χ1) is 9.69. The molecule has 2 rings (SSSR count). The van der Waals surface area contributed by atoms with Gasteiger partial charge in [-0.15, -0.1) is 0 Å². The van der Waals surface area contributed by atoms with Gasteiger partial charge in [0.05, 0.1) is 5.69 Å². The lowest BCUT2D eigenvalue weighted by molar-refractivity contribution is 0.474. The van der Waals surface area contributed by atoms with Crippen LogP contribution in [0.5, 0.6) is 5.75 Å². The number of rotatable bonds is 5. The van der Waals surface area contributed by atoms with E-state index in [9.17, 15) is 5.11 Å². The molecule has 0 aromatic heterocycles. The third kappa shape index (κ3) is 4.10. The molecular formula is C17H18ClNO. The Morgan fingerprint density at radius 3 is 2.60 bits per heavy atom. The minimum Gasteiger partial charge on any atom is -0.507 e. The average molecular weight is 288 g/mol. The molecule has 2 nitrogen and oxygen atoms in total. The molecule has 0 radical (unpaired) electrons. The molecular weight excluding hydrogens is 270 g/mol. The van der Waals surface area contributed by atoms with Crippen molar-refractivity contribution >= 4 is 23.5 Å². The predicted octanol–water partition coefficient (Wildman–Crippen LogP) is 5.14. The van der Waals surface area contributed by atoms with Crippen LogP contribution < -0.4 is 0 Å². The summed E-state index contributed by atoms with van der Waals surface area (Å²) in [4.78, 5) is 4.36. The van der Waals surface area contributed by atoms with Gasteiger partial charge in [0.25, 0.3) is 0 Å². The lowest BCUT2D eigenvalue weighted by Gasteiger charge is -2.01. The average Bonchev–Trinajstić information content (AvgIpc) is 2.47. The fourth-order valence-corrected chi connectivity index (χ4v) is 2.08. The van der Waals surface area contributed by atoms with E-state index in [1.807, 2.05) is 12.1 Å². The quantitative estimate of drug-likeness (QED) is 0.759. The maximum Gasteiger partial charge on any atom is 0.124 e. The summed E-state index contributed by atoms with van der Waals surface area (Å²) in [5.74, 6) is 0.178. The highest BCUT2D eigenvalue weighted by atomic mass is 35.5. The van der Waals surface area contributed by atoms with E-state index in [0.29, 0.717) is 10.6 Å². The second kappa shape index (κ2) is 7.11. The Labute approximate surface area is 124 Å². The molecule has 0 saturated carbocycles. The topological polar surface area (TPSA) is 32.6 Å². The van der Waals surface area contributed by atoms with Gasteiger partial charge in [-0.3, -0.25) is 4.99 Å². The molecule has 0 aliphatic carbocycles. The van der Waals surface area contributed by atoms with Crippen LogP contribution in [-0.4, -0.2) is 11.3 Å². The van der Waals surface area contributed by atoms with E-state index in [-0.39, 0.29) is 5.75 Å². The Balaban J connectivity index is 2.09. The molecule has 0 bridgehead atoms. The molecule has 0 heterocycles. The molecule has 20 heavy (non-hydrogen) atoms. The lowest BCUT2D eigenvalue weighted by Crippen LogP contribution is -1.84. The molecule has 0 unspecified atom stereocenters. The Hall–Kier alpha value is -1.80. The minimum absolute atomic E-state index is 0.178. The molecule has 2 aromatic rings. The number of aromatic hydroxyl groups is 1. The van der Waals surface area contributed by atoms with Gasteiger partial charge in [-0.25, -0.2) is 0 Å². The minimum atomic E-state index is 0.178. The number of halogens is 1. The molecule has 104 valence electrons. The predicted molar refractivity (Wildman–Crippen MR) is 85.4 cm³/mol. The first kappa shape index (κ1) is 14.6. The Kier molecular flexibility index (Phi) is 5.19. The molecule has 0 atom stereocenters. The van der Waals surface area contributed by atoms with E-state index in [4.69, 9.17) is 11.6 Å². The summed E-state index contributed by atoms with van der Waals surface area (Å²) in [7, 11) is 0. The summed E-state index contributed by atoms with van der Waals surface area (Å²) in [5, 5.41) is 10.3. The van der Waals surface area contributed by atoms with Crippen molar-refractivity contribution in [1.82, 2.24) is 0 Å². The van der Waals surface area contributed by atoms with Gasteiger partial charge in [-0.1, -0.05) is 37.1 Å². The van der Waals surface area contributed by atoms with Crippen LogP contribution >= 0.6 is 11.6 Å². The molecule has 0 fully saturated rings. The van der Waals surface area contributed by atoms with Gasteiger partial charge in [0.15, 0.2) is 0 Å². The van der Waals surface area contributed by atoms with Crippen molar-refractivity contribution in [3.63, 3.8) is 0 Å². The standard InChI is InChI=1S/C17H18ClNO/c1-2-3-4-13-5-8-16(9-6-13)19-12-14-11-15(18)7-10-17(14)20/h5-12,20H,2-4H2,1H3. The molecule has 0 saturated heterocycles. The maximum absolute atomic E-state index is 9.70. The molecule has 0 spiro atoms. The largest absolute Gasteiger partial charge is 0.507 e. The highest BCUT2D eigenvalue weighted by Crippen LogP contribution is 2.21. The molecule has 2 aromatic carbocycles. The molecule has 0 aliphatic heterocycles. The first-order valence-electron chi connectivity index (χ1n) is 6.80. The number of hydrogen-bond donors (Lipinski definition) is 1. The zero-order chi connectivity index (χ0) is 14.4. The van der Waals surface area contributed by atoms with Gasteiger partial charge < -0.3 is 5.11 Å². The van der Waals surface area contributed by atoms with Crippen LogP contribution in [0.25, 0.3) is 0 Å². The summed E-state index contributed by atoms with van der Waals surface area (Å²) in [6.07, 6.45) is 5.14. The summed E-state index contributed by atoms with van der Waals surface area (Å²) in [6.45, 7) is 2.19. The number of nitrogens with zero attached hydrogens (tertiary/aromatic N) is 1. The third-order valence-electron chi connectivity index (χ3n) is 3.10. The van der Waals surface area contributed by atoms with E-state index in [2.05, 4.69) is 24.0 Å². The van der Waals surface area contributed by atoms with Crippen molar-refractivity contribution in [1.29, 1.82) is 0 Å². The highest BCUT2D eigenvalue weighted by molar-refractivity contribution is 6.30. The van der Waals surface area contributed by atoms with Crippen LogP contribution in [0.1, 0.15) is 30.9 Å². The first-order valence-corrected chi connectivity index (χ1v) is 7.18. The zero-order valence-corrected chi connectivity index (χ0v) is 12.3. The number of phenols is 1. The SMILES string of the molecule is CCCCc1ccc(N=Cc2cc(Cl)ccc2O)cc1. The van der Waals surface area contributed by atoms with Gasteiger partial charge >= 0.3 is 0 Å². The van der Waals surface area contributed by atoms with E-state index in [0.717, 1.165) is 12.1 Å². The number of phenolic OH excluding ortho intramolecular Hbond substituents is 1. The van der Waals surface area contributed by atoms with Crippen LogP contribution in [-0.2, 0) is 6.42 Å². The fourth-order valence-electron chi connectivity index (χ4n) is 1.90.